The van der Waals surface area contributed by atoms with E-state index >= 15 is 0 Å². The van der Waals surface area contributed by atoms with E-state index in [4.69, 9.17) is 9.47 Å². The molecule has 25 heavy (non-hydrogen) atoms. The number of rotatable bonds is 5. The van der Waals surface area contributed by atoms with E-state index in [1.165, 1.54) is 0 Å². The molecule has 5 nitrogen and oxygen atoms in total. The lowest BCUT2D eigenvalue weighted by atomic mass is 9.75. The second kappa shape index (κ2) is 7.38. The van der Waals surface area contributed by atoms with Gasteiger partial charge in [-0.3, -0.25) is 4.98 Å². The van der Waals surface area contributed by atoms with Crippen LogP contribution in [0, 0.1) is 0 Å². The molecular formula is C19H18BNO4. The number of ether oxygens (including phenoxy) is 2. The molecule has 0 unspecified atom stereocenters. The summed E-state index contributed by atoms with van der Waals surface area (Å²) in [5, 5.41) is 19.4. The lowest BCUT2D eigenvalue weighted by molar-refractivity contribution is 0.413. The number of hydrogen-bond acceptors (Lipinski definition) is 5. The molecule has 0 spiro atoms. The van der Waals surface area contributed by atoms with Gasteiger partial charge in [0, 0.05) is 29.1 Å². The highest BCUT2D eigenvalue weighted by molar-refractivity contribution is 6.60. The molecule has 1 aromatic heterocycles. The first-order chi connectivity index (χ1) is 12.1. The summed E-state index contributed by atoms with van der Waals surface area (Å²) in [7, 11) is 1.56. The molecule has 0 saturated heterocycles. The van der Waals surface area contributed by atoms with Crippen LogP contribution in [0.5, 0.6) is 11.5 Å². The molecule has 2 aromatic carbocycles. The van der Waals surface area contributed by atoms with E-state index in [-0.39, 0.29) is 0 Å². The molecule has 0 radical (unpaired) electrons. The number of methoxy groups -OCH3 is 2. The second-order valence-electron chi connectivity index (χ2n) is 5.49. The van der Waals surface area contributed by atoms with Gasteiger partial charge in [-0.1, -0.05) is 24.3 Å². The zero-order valence-electron chi connectivity index (χ0n) is 14.0. The summed E-state index contributed by atoms with van der Waals surface area (Å²) in [6.07, 6.45) is 3.43. The van der Waals surface area contributed by atoms with Crippen molar-refractivity contribution in [1.29, 1.82) is 0 Å². The molecular weight excluding hydrogens is 317 g/mol. The minimum Gasteiger partial charge on any atom is -0.497 e. The molecule has 6 heteroatoms. The molecule has 0 aliphatic heterocycles. The van der Waals surface area contributed by atoms with Gasteiger partial charge in [0.15, 0.2) is 0 Å². The Morgan fingerprint density at radius 3 is 2.32 bits per heavy atom. The lowest BCUT2D eigenvalue weighted by Crippen LogP contribution is -2.31. The molecule has 2 N–H and O–H groups in total. The molecule has 126 valence electrons. The highest BCUT2D eigenvalue weighted by atomic mass is 16.5. The first-order valence-corrected chi connectivity index (χ1v) is 7.77. The van der Waals surface area contributed by atoms with Crippen molar-refractivity contribution in [3.63, 3.8) is 0 Å². The number of pyridine rings is 1. The summed E-state index contributed by atoms with van der Waals surface area (Å²) in [6, 6.07) is 14.8. The SMILES string of the molecule is COc1cccc(-c2cncc(-c3c(OC)cccc3B(O)O)c2)c1. The maximum atomic E-state index is 9.70. The minimum atomic E-state index is -1.61. The molecule has 0 aliphatic carbocycles. The summed E-state index contributed by atoms with van der Waals surface area (Å²) in [5.41, 5.74) is 3.55. The lowest BCUT2D eigenvalue weighted by Gasteiger charge is -2.14. The van der Waals surface area contributed by atoms with Crippen molar-refractivity contribution in [2.24, 2.45) is 0 Å². The van der Waals surface area contributed by atoms with Crippen LogP contribution in [0.15, 0.2) is 60.9 Å². The fourth-order valence-corrected chi connectivity index (χ4v) is 2.78. The van der Waals surface area contributed by atoms with Gasteiger partial charge in [-0.05, 0) is 35.3 Å². The van der Waals surface area contributed by atoms with E-state index in [0.29, 0.717) is 16.8 Å². The van der Waals surface area contributed by atoms with Crippen LogP contribution < -0.4 is 14.9 Å². The Morgan fingerprint density at radius 1 is 0.840 bits per heavy atom. The maximum absolute atomic E-state index is 9.70. The van der Waals surface area contributed by atoms with Gasteiger partial charge in [0.1, 0.15) is 11.5 Å². The summed E-state index contributed by atoms with van der Waals surface area (Å²) in [6.45, 7) is 0. The third-order valence-corrected chi connectivity index (χ3v) is 3.99. The van der Waals surface area contributed by atoms with E-state index in [9.17, 15) is 10.0 Å². The number of hydrogen-bond donors (Lipinski definition) is 2. The van der Waals surface area contributed by atoms with Gasteiger partial charge in [0.2, 0.25) is 0 Å². The van der Waals surface area contributed by atoms with Gasteiger partial charge in [-0.2, -0.15) is 0 Å². The first-order valence-electron chi connectivity index (χ1n) is 7.77. The van der Waals surface area contributed by atoms with Crippen LogP contribution in [0.2, 0.25) is 0 Å². The van der Waals surface area contributed by atoms with Crippen molar-refractivity contribution in [2.45, 2.75) is 0 Å². The van der Waals surface area contributed by atoms with Gasteiger partial charge in [-0.15, -0.1) is 0 Å². The van der Waals surface area contributed by atoms with Gasteiger partial charge >= 0.3 is 7.12 Å². The van der Waals surface area contributed by atoms with Gasteiger partial charge in [-0.25, -0.2) is 0 Å². The van der Waals surface area contributed by atoms with Crippen LogP contribution in [0.3, 0.4) is 0 Å². The third-order valence-electron chi connectivity index (χ3n) is 3.99. The molecule has 0 aliphatic rings. The van der Waals surface area contributed by atoms with Crippen LogP contribution >= 0.6 is 0 Å². The van der Waals surface area contributed by atoms with Crippen LogP contribution in [0.4, 0.5) is 0 Å². The average Bonchev–Trinajstić information content (AvgIpc) is 2.67. The first kappa shape index (κ1) is 17.0. The predicted octanol–water partition coefficient (Wildman–Crippen LogP) is 2.11. The van der Waals surface area contributed by atoms with Crippen molar-refractivity contribution in [3.05, 3.63) is 60.9 Å². The molecule has 0 atom stereocenters. The summed E-state index contributed by atoms with van der Waals surface area (Å²) in [4.78, 5) is 4.31. The standard InChI is InChI=1S/C19H18BNO4/c1-24-16-6-3-5-13(10-16)14-9-15(12-21-11-14)19-17(20(22)23)7-4-8-18(19)25-2/h3-12,22-23H,1-2H3. The Morgan fingerprint density at radius 2 is 1.60 bits per heavy atom. The fourth-order valence-electron chi connectivity index (χ4n) is 2.78. The third kappa shape index (κ3) is 3.50. The smallest absolute Gasteiger partial charge is 0.489 e. The normalized spacial score (nSPS) is 10.4. The number of benzene rings is 2. The van der Waals surface area contributed by atoms with Crippen molar-refractivity contribution in [3.8, 4) is 33.8 Å². The molecule has 0 saturated carbocycles. The molecule has 3 aromatic rings. The summed E-state index contributed by atoms with van der Waals surface area (Å²) < 4.78 is 10.7. The van der Waals surface area contributed by atoms with E-state index in [1.54, 1.807) is 44.8 Å². The topological polar surface area (TPSA) is 71.8 Å². The van der Waals surface area contributed by atoms with Crippen molar-refractivity contribution in [2.75, 3.05) is 14.2 Å². The van der Waals surface area contributed by atoms with Crippen molar-refractivity contribution >= 4 is 12.6 Å². The van der Waals surface area contributed by atoms with Gasteiger partial charge in [0.05, 0.1) is 14.2 Å². The average molecular weight is 335 g/mol. The zero-order chi connectivity index (χ0) is 17.8. The van der Waals surface area contributed by atoms with Crippen molar-refractivity contribution < 1.29 is 19.5 Å². The Labute approximate surface area is 146 Å². The highest BCUT2D eigenvalue weighted by Crippen LogP contribution is 2.31. The Kier molecular flexibility index (Phi) is 5.02. The molecule has 0 fully saturated rings. The number of aromatic nitrogens is 1. The highest BCUT2D eigenvalue weighted by Gasteiger charge is 2.21. The van der Waals surface area contributed by atoms with E-state index in [1.807, 2.05) is 30.3 Å². The van der Waals surface area contributed by atoms with Crippen LogP contribution in [-0.4, -0.2) is 36.4 Å². The predicted molar refractivity (Wildman–Crippen MR) is 98.0 cm³/mol. The second-order valence-corrected chi connectivity index (χ2v) is 5.49. The molecule has 0 bridgehead atoms. The fraction of sp³-hybridized carbons (Fsp3) is 0.105. The quantitative estimate of drug-likeness (QED) is 0.699. The van der Waals surface area contributed by atoms with Gasteiger partial charge in [0.25, 0.3) is 0 Å². The summed E-state index contributed by atoms with van der Waals surface area (Å²) in [5.74, 6) is 1.31. The zero-order valence-corrected chi connectivity index (χ0v) is 14.0. The van der Waals surface area contributed by atoms with E-state index < -0.39 is 7.12 Å². The molecule has 3 rings (SSSR count). The maximum Gasteiger partial charge on any atom is 0.489 e. The Hall–Kier alpha value is -2.83. The van der Waals surface area contributed by atoms with E-state index in [2.05, 4.69) is 4.98 Å². The molecule has 0 amide bonds. The van der Waals surface area contributed by atoms with Crippen molar-refractivity contribution in [1.82, 2.24) is 4.98 Å². The minimum absolute atomic E-state index is 0.365. The molecule has 1 heterocycles. The Balaban J connectivity index is 2.14. The van der Waals surface area contributed by atoms with Crippen LogP contribution in [-0.2, 0) is 0 Å². The Bertz CT molecular complexity index is 883. The largest absolute Gasteiger partial charge is 0.497 e. The number of nitrogens with zero attached hydrogens (tertiary/aromatic N) is 1. The monoisotopic (exact) mass is 335 g/mol. The van der Waals surface area contributed by atoms with Crippen LogP contribution in [0.25, 0.3) is 22.3 Å². The summed E-state index contributed by atoms with van der Waals surface area (Å²) >= 11 is 0. The van der Waals surface area contributed by atoms with E-state index in [0.717, 1.165) is 22.4 Å². The van der Waals surface area contributed by atoms with Gasteiger partial charge < -0.3 is 19.5 Å². The van der Waals surface area contributed by atoms with Crippen LogP contribution in [0.1, 0.15) is 0 Å².